The summed E-state index contributed by atoms with van der Waals surface area (Å²) in [6.45, 7) is 4.46. The molecule has 0 saturated carbocycles. The number of para-hydroxylation sites is 1. The summed E-state index contributed by atoms with van der Waals surface area (Å²) in [6, 6.07) is 24.4. The van der Waals surface area contributed by atoms with Gasteiger partial charge in [0, 0.05) is 47.8 Å². The molecule has 4 rings (SSSR count). The minimum Gasteiger partial charge on any atom is -0.495 e. The van der Waals surface area contributed by atoms with Crippen LogP contribution in [0.1, 0.15) is 18.1 Å². The first-order valence-corrected chi connectivity index (χ1v) is 11.4. The van der Waals surface area contributed by atoms with Crippen molar-refractivity contribution < 1.29 is 4.74 Å². The summed E-state index contributed by atoms with van der Waals surface area (Å²) in [4.78, 5) is 2.18. The summed E-state index contributed by atoms with van der Waals surface area (Å²) >= 11 is 12.0. The Morgan fingerprint density at radius 2 is 1.78 bits per heavy atom. The molecule has 32 heavy (non-hydrogen) atoms. The predicted octanol–water partition coefficient (Wildman–Crippen LogP) is 6.72. The van der Waals surface area contributed by atoms with Crippen LogP contribution in [0.2, 0.25) is 5.02 Å². The number of rotatable bonds is 7. The fourth-order valence-electron chi connectivity index (χ4n) is 3.88. The Morgan fingerprint density at radius 1 is 1.03 bits per heavy atom. The Kier molecular flexibility index (Phi) is 6.98. The second-order valence-corrected chi connectivity index (χ2v) is 8.40. The van der Waals surface area contributed by atoms with Crippen LogP contribution in [0.15, 0.2) is 79.0 Å². The first-order chi connectivity index (χ1) is 15.6. The molecular weight excluding hydrogens is 438 g/mol. The average Bonchev–Trinajstić information content (AvgIpc) is 3.18. The average molecular weight is 464 g/mol. The number of benzene rings is 3. The fraction of sp³-hybridized carbons (Fsp3) is 0.192. The lowest BCUT2D eigenvalue weighted by atomic mass is 10.1. The molecular formula is C26H26ClN3OS. The van der Waals surface area contributed by atoms with E-state index >= 15 is 0 Å². The summed E-state index contributed by atoms with van der Waals surface area (Å²) < 4.78 is 7.77. The van der Waals surface area contributed by atoms with Crippen LogP contribution in [0, 0.1) is 0 Å². The van der Waals surface area contributed by atoms with Gasteiger partial charge in [-0.3, -0.25) is 0 Å². The van der Waals surface area contributed by atoms with Gasteiger partial charge in [-0.2, -0.15) is 0 Å². The molecule has 1 N–H and O–H groups in total. The molecule has 0 bridgehead atoms. The third-order valence-electron chi connectivity index (χ3n) is 5.48. The Balaban J connectivity index is 1.66. The highest BCUT2D eigenvalue weighted by Gasteiger charge is 2.17. The van der Waals surface area contributed by atoms with E-state index in [-0.39, 0.29) is 0 Å². The number of methoxy groups -OCH3 is 1. The summed E-state index contributed by atoms with van der Waals surface area (Å²) in [6.07, 6.45) is 2.23. The van der Waals surface area contributed by atoms with Gasteiger partial charge in [-0.25, -0.2) is 0 Å². The van der Waals surface area contributed by atoms with Crippen LogP contribution in [0.25, 0.3) is 10.9 Å². The lowest BCUT2D eigenvalue weighted by Crippen LogP contribution is -2.34. The zero-order valence-electron chi connectivity index (χ0n) is 18.2. The van der Waals surface area contributed by atoms with Gasteiger partial charge in [0.05, 0.1) is 12.8 Å². The summed E-state index contributed by atoms with van der Waals surface area (Å²) in [5, 5.41) is 5.86. The van der Waals surface area contributed by atoms with Crippen LogP contribution < -0.4 is 10.1 Å². The number of nitrogens with one attached hydrogen (secondary N) is 1. The van der Waals surface area contributed by atoms with Crippen molar-refractivity contribution in [2.45, 2.75) is 26.6 Å². The maximum atomic E-state index is 6.13. The molecule has 0 aliphatic heterocycles. The first-order valence-electron chi connectivity index (χ1n) is 10.6. The van der Waals surface area contributed by atoms with E-state index in [0.29, 0.717) is 29.0 Å². The third kappa shape index (κ3) is 4.90. The monoisotopic (exact) mass is 463 g/mol. The number of hydrogen-bond donors (Lipinski definition) is 1. The number of halogens is 1. The molecule has 3 aromatic carbocycles. The Labute approximate surface area is 199 Å². The number of aromatic nitrogens is 1. The van der Waals surface area contributed by atoms with Crippen molar-refractivity contribution >= 4 is 45.5 Å². The Hall–Kier alpha value is -3.02. The molecule has 164 valence electrons. The van der Waals surface area contributed by atoms with Gasteiger partial charge < -0.3 is 19.5 Å². The smallest absolute Gasteiger partial charge is 0.174 e. The SMILES string of the molecule is CCn1cc(CN(Cc2ccccc2)C(=S)Nc2ccc(Cl)cc2OC)c2ccccc21. The van der Waals surface area contributed by atoms with E-state index in [1.54, 1.807) is 13.2 Å². The molecule has 0 fully saturated rings. The van der Waals surface area contributed by atoms with Gasteiger partial charge in [0.2, 0.25) is 0 Å². The normalized spacial score (nSPS) is 10.8. The molecule has 0 saturated heterocycles. The van der Waals surface area contributed by atoms with Gasteiger partial charge in [-0.05, 0) is 48.5 Å². The number of nitrogens with zero attached hydrogens (tertiary/aromatic N) is 2. The molecule has 0 aliphatic rings. The second kappa shape index (κ2) is 10.1. The van der Waals surface area contributed by atoms with E-state index in [2.05, 4.69) is 76.4 Å². The highest BCUT2D eigenvalue weighted by Crippen LogP contribution is 2.29. The van der Waals surface area contributed by atoms with E-state index in [4.69, 9.17) is 28.6 Å². The van der Waals surface area contributed by atoms with Gasteiger partial charge in [-0.15, -0.1) is 0 Å². The zero-order valence-corrected chi connectivity index (χ0v) is 19.8. The second-order valence-electron chi connectivity index (χ2n) is 7.57. The number of anilines is 1. The number of ether oxygens (including phenoxy) is 1. The molecule has 6 heteroatoms. The summed E-state index contributed by atoms with van der Waals surface area (Å²) in [5.41, 5.74) is 4.46. The maximum absolute atomic E-state index is 6.13. The zero-order chi connectivity index (χ0) is 22.5. The molecule has 0 radical (unpaired) electrons. The van der Waals surface area contributed by atoms with Crippen LogP contribution in [-0.4, -0.2) is 21.7 Å². The van der Waals surface area contributed by atoms with Gasteiger partial charge in [0.25, 0.3) is 0 Å². The Morgan fingerprint density at radius 3 is 2.53 bits per heavy atom. The molecule has 1 heterocycles. The van der Waals surface area contributed by atoms with Gasteiger partial charge in [-0.1, -0.05) is 60.1 Å². The van der Waals surface area contributed by atoms with Gasteiger partial charge >= 0.3 is 0 Å². The van der Waals surface area contributed by atoms with E-state index in [1.807, 2.05) is 18.2 Å². The van der Waals surface area contributed by atoms with Gasteiger partial charge in [0.15, 0.2) is 5.11 Å². The van der Waals surface area contributed by atoms with Crippen molar-refractivity contribution in [1.29, 1.82) is 0 Å². The number of aryl methyl sites for hydroxylation is 1. The summed E-state index contributed by atoms with van der Waals surface area (Å²) in [7, 11) is 1.63. The molecule has 0 amide bonds. The summed E-state index contributed by atoms with van der Waals surface area (Å²) in [5.74, 6) is 0.655. The molecule has 0 aliphatic carbocycles. The van der Waals surface area contributed by atoms with Crippen LogP contribution in [0.3, 0.4) is 0 Å². The maximum Gasteiger partial charge on any atom is 0.174 e. The van der Waals surface area contributed by atoms with E-state index in [0.717, 1.165) is 12.2 Å². The number of fused-ring (bicyclic) bond motifs is 1. The van der Waals surface area contributed by atoms with Crippen LogP contribution >= 0.6 is 23.8 Å². The fourth-order valence-corrected chi connectivity index (χ4v) is 4.28. The molecule has 0 atom stereocenters. The number of hydrogen-bond acceptors (Lipinski definition) is 2. The van der Waals surface area contributed by atoms with Crippen molar-refractivity contribution in [2.24, 2.45) is 0 Å². The van der Waals surface area contributed by atoms with Crippen molar-refractivity contribution in [3.05, 3.63) is 95.1 Å². The van der Waals surface area contributed by atoms with Crippen LogP contribution in [0.4, 0.5) is 5.69 Å². The molecule has 1 aromatic heterocycles. The standard InChI is InChI=1S/C26H26ClN3OS/c1-3-29-17-20(22-11-7-8-12-24(22)29)18-30(16-19-9-5-4-6-10-19)26(32)28-23-14-13-21(27)15-25(23)31-2/h4-15,17H,3,16,18H2,1-2H3,(H,28,32). The molecule has 4 aromatic rings. The van der Waals surface area contributed by atoms with E-state index in [9.17, 15) is 0 Å². The third-order valence-corrected chi connectivity index (χ3v) is 6.08. The van der Waals surface area contributed by atoms with E-state index < -0.39 is 0 Å². The predicted molar refractivity (Wildman–Crippen MR) is 138 cm³/mol. The number of thiocarbonyl (C=S) groups is 1. The minimum atomic E-state index is 0.617. The van der Waals surface area contributed by atoms with Gasteiger partial charge in [0.1, 0.15) is 5.75 Å². The lowest BCUT2D eigenvalue weighted by Gasteiger charge is -2.26. The quantitative estimate of drug-likeness (QED) is 0.308. The lowest BCUT2D eigenvalue weighted by molar-refractivity contribution is 0.410. The highest BCUT2D eigenvalue weighted by molar-refractivity contribution is 7.80. The largest absolute Gasteiger partial charge is 0.495 e. The molecule has 4 nitrogen and oxygen atoms in total. The van der Waals surface area contributed by atoms with E-state index in [1.165, 1.54) is 22.0 Å². The molecule has 0 spiro atoms. The van der Waals surface area contributed by atoms with Crippen molar-refractivity contribution in [3.63, 3.8) is 0 Å². The first kappa shape index (κ1) is 22.2. The van der Waals surface area contributed by atoms with Crippen molar-refractivity contribution in [3.8, 4) is 5.75 Å². The topological polar surface area (TPSA) is 29.4 Å². The van der Waals surface area contributed by atoms with Crippen LogP contribution in [-0.2, 0) is 19.6 Å². The van der Waals surface area contributed by atoms with Crippen molar-refractivity contribution in [2.75, 3.05) is 12.4 Å². The molecule has 0 unspecified atom stereocenters. The Bertz CT molecular complexity index is 1220. The minimum absolute atomic E-state index is 0.617. The van der Waals surface area contributed by atoms with Crippen LogP contribution in [0.5, 0.6) is 5.75 Å². The highest BCUT2D eigenvalue weighted by atomic mass is 35.5. The van der Waals surface area contributed by atoms with Crippen molar-refractivity contribution in [1.82, 2.24) is 9.47 Å².